The third-order valence-corrected chi connectivity index (χ3v) is 5.39. The fourth-order valence-corrected chi connectivity index (χ4v) is 4.36. The van der Waals surface area contributed by atoms with Gasteiger partial charge in [0.1, 0.15) is 12.2 Å². The lowest BCUT2D eigenvalue weighted by Gasteiger charge is -2.43. The molecule has 1 N–H and O–H groups in total. The van der Waals surface area contributed by atoms with Gasteiger partial charge in [-0.25, -0.2) is 4.79 Å². The molecule has 0 radical (unpaired) electrons. The number of ether oxygens (including phenoxy) is 3. The molecule has 1 aliphatic carbocycles. The van der Waals surface area contributed by atoms with E-state index in [1.807, 2.05) is 12.1 Å². The average Bonchev–Trinajstić information content (AvgIpc) is 3.13. The molecule has 0 aromatic heterocycles. The number of likely N-dealkylation sites (tertiary alicyclic amines) is 1. The maximum atomic E-state index is 12.4. The van der Waals surface area contributed by atoms with Crippen LogP contribution in [-0.2, 0) is 4.74 Å². The summed E-state index contributed by atoms with van der Waals surface area (Å²) in [5.74, 6) is 0.741. The van der Waals surface area contributed by atoms with Crippen molar-refractivity contribution in [3.63, 3.8) is 0 Å². The summed E-state index contributed by atoms with van der Waals surface area (Å²) in [5.41, 5.74) is 2.63. The number of aliphatic hydroxyl groups excluding tert-OH is 1. The third-order valence-electron chi connectivity index (χ3n) is 5.39. The maximum absolute atomic E-state index is 12.4. The van der Waals surface area contributed by atoms with Gasteiger partial charge in [-0.05, 0) is 31.2 Å². The highest BCUT2D eigenvalue weighted by molar-refractivity contribution is 5.94. The summed E-state index contributed by atoms with van der Waals surface area (Å²) in [5, 5.41) is 10.4. The molecule has 6 heteroatoms. The Morgan fingerprint density at radius 3 is 2.87 bits per heavy atom. The van der Waals surface area contributed by atoms with Gasteiger partial charge in [-0.2, -0.15) is 0 Å². The van der Waals surface area contributed by atoms with Crippen LogP contribution in [0.2, 0.25) is 0 Å². The highest BCUT2D eigenvalue weighted by atomic mass is 16.7. The van der Waals surface area contributed by atoms with Gasteiger partial charge in [-0.3, -0.25) is 4.90 Å². The Morgan fingerprint density at radius 1 is 1.26 bits per heavy atom. The maximum Gasteiger partial charge on any atom is 0.338 e. The number of esters is 1. The van der Waals surface area contributed by atoms with Crippen molar-refractivity contribution < 1.29 is 24.1 Å². The first-order chi connectivity index (χ1) is 11.1. The monoisotopic (exact) mass is 315 g/mol. The Labute approximate surface area is 133 Å². The smallest absolute Gasteiger partial charge is 0.338 e. The zero-order valence-electron chi connectivity index (χ0n) is 12.7. The number of likely N-dealkylation sites (N-methyl/N-ethyl adjacent to an activating group) is 1. The number of fused-ring (bicyclic) bond motifs is 6. The van der Waals surface area contributed by atoms with E-state index in [0.717, 1.165) is 18.5 Å². The van der Waals surface area contributed by atoms with Crippen molar-refractivity contribution in [2.45, 2.75) is 30.6 Å². The lowest BCUT2D eigenvalue weighted by Crippen LogP contribution is -2.50. The number of nitrogens with zero attached hydrogens (tertiary/aromatic N) is 1. The van der Waals surface area contributed by atoms with Crippen molar-refractivity contribution in [2.24, 2.45) is 0 Å². The van der Waals surface area contributed by atoms with E-state index < -0.39 is 18.2 Å². The first-order valence-corrected chi connectivity index (χ1v) is 7.87. The highest BCUT2D eigenvalue weighted by Crippen LogP contribution is 2.48. The van der Waals surface area contributed by atoms with Crippen LogP contribution in [0.25, 0.3) is 0 Å². The molecule has 0 bridgehead atoms. The van der Waals surface area contributed by atoms with E-state index in [1.165, 1.54) is 5.57 Å². The van der Waals surface area contributed by atoms with E-state index in [-0.39, 0.29) is 18.8 Å². The zero-order valence-corrected chi connectivity index (χ0v) is 12.7. The molecule has 4 atom stereocenters. The molecule has 0 unspecified atom stereocenters. The van der Waals surface area contributed by atoms with Gasteiger partial charge in [0.2, 0.25) is 6.79 Å². The second-order valence-corrected chi connectivity index (χ2v) is 6.60. The van der Waals surface area contributed by atoms with Crippen LogP contribution >= 0.6 is 0 Å². The van der Waals surface area contributed by atoms with Crippen molar-refractivity contribution in [3.8, 4) is 11.5 Å². The highest BCUT2D eigenvalue weighted by Gasteiger charge is 2.50. The molecule has 1 fully saturated rings. The first-order valence-electron chi connectivity index (χ1n) is 7.87. The summed E-state index contributed by atoms with van der Waals surface area (Å²) in [7, 11) is 2.07. The second kappa shape index (κ2) is 4.49. The van der Waals surface area contributed by atoms with Gasteiger partial charge in [-0.1, -0.05) is 11.6 Å². The molecule has 3 heterocycles. The normalized spacial score (nSPS) is 34.3. The lowest BCUT2D eigenvalue weighted by atomic mass is 9.74. The van der Waals surface area contributed by atoms with Crippen LogP contribution in [0.15, 0.2) is 23.8 Å². The number of carbonyl (C=O) groups is 1. The molecular weight excluding hydrogens is 298 g/mol. The van der Waals surface area contributed by atoms with Crippen molar-refractivity contribution >= 4 is 5.97 Å². The van der Waals surface area contributed by atoms with Crippen LogP contribution in [0.1, 0.15) is 28.3 Å². The Balaban J connectivity index is 1.70. The lowest BCUT2D eigenvalue weighted by molar-refractivity contribution is -0.0336. The summed E-state index contributed by atoms with van der Waals surface area (Å²) < 4.78 is 16.4. The summed E-state index contributed by atoms with van der Waals surface area (Å²) in [6.45, 7) is 1.11. The molecule has 1 aromatic carbocycles. The van der Waals surface area contributed by atoms with Crippen LogP contribution in [0.5, 0.6) is 11.5 Å². The standard InChI is InChI=1S/C17H17NO5/c1-18-3-2-8-4-11(19)16-14(15(8)18)9-5-12-13(22-7-21-12)6-10(9)17(20)23-16/h4-6,11,14-16,19H,2-3,7H2,1H3/t11-,14-,15-,16+/m1/s1. The molecule has 0 spiro atoms. The third kappa shape index (κ3) is 1.73. The summed E-state index contributed by atoms with van der Waals surface area (Å²) in [4.78, 5) is 14.7. The van der Waals surface area contributed by atoms with Gasteiger partial charge < -0.3 is 19.3 Å². The van der Waals surface area contributed by atoms with Crippen LogP contribution < -0.4 is 9.47 Å². The molecule has 0 amide bonds. The molecule has 3 aliphatic heterocycles. The van der Waals surface area contributed by atoms with Gasteiger partial charge in [0, 0.05) is 18.5 Å². The minimum Gasteiger partial charge on any atom is -0.455 e. The SMILES string of the molecule is CN1CCC2=C[C@@H](O)[C@@H]3OC(=O)c4cc5c(cc4[C@@H]3[C@@H]21)OCO5. The Morgan fingerprint density at radius 2 is 2.04 bits per heavy atom. The predicted octanol–water partition coefficient (Wildman–Crippen LogP) is 1.04. The second-order valence-electron chi connectivity index (χ2n) is 6.60. The van der Waals surface area contributed by atoms with Crippen LogP contribution in [-0.4, -0.2) is 54.6 Å². The van der Waals surface area contributed by atoms with Gasteiger partial charge in [0.25, 0.3) is 0 Å². The van der Waals surface area contributed by atoms with Crippen molar-refractivity contribution in [1.82, 2.24) is 4.90 Å². The molecule has 1 aromatic rings. The minimum absolute atomic E-state index is 0.0836. The Kier molecular flexibility index (Phi) is 2.61. The Hall–Kier alpha value is -2.05. The first kappa shape index (κ1) is 13.4. The number of hydrogen-bond acceptors (Lipinski definition) is 6. The van der Waals surface area contributed by atoms with E-state index in [4.69, 9.17) is 14.2 Å². The molecule has 4 aliphatic rings. The number of hydrogen-bond donors (Lipinski definition) is 1. The van der Waals surface area contributed by atoms with Gasteiger partial charge in [0.15, 0.2) is 11.5 Å². The summed E-state index contributed by atoms with van der Waals surface area (Å²) >= 11 is 0. The van der Waals surface area contributed by atoms with Crippen molar-refractivity contribution in [2.75, 3.05) is 20.4 Å². The Bertz CT molecular complexity index is 743. The van der Waals surface area contributed by atoms with Crippen LogP contribution in [0.3, 0.4) is 0 Å². The molecule has 23 heavy (non-hydrogen) atoms. The quantitative estimate of drug-likeness (QED) is 0.570. The molecule has 120 valence electrons. The van der Waals surface area contributed by atoms with Gasteiger partial charge in [-0.15, -0.1) is 0 Å². The summed E-state index contributed by atoms with van der Waals surface area (Å²) in [6.07, 6.45) is 1.49. The molecule has 6 nitrogen and oxygen atoms in total. The van der Waals surface area contributed by atoms with E-state index in [1.54, 1.807) is 6.07 Å². The largest absolute Gasteiger partial charge is 0.455 e. The minimum atomic E-state index is -0.764. The molecule has 1 saturated heterocycles. The van der Waals surface area contributed by atoms with E-state index in [2.05, 4.69) is 11.9 Å². The molecule has 0 saturated carbocycles. The average molecular weight is 315 g/mol. The number of benzene rings is 1. The van der Waals surface area contributed by atoms with E-state index in [0.29, 0.717) is 17.1 Å². The molecular formula is C17H17NO5. The topological polar surface area (TPSA) is 68.2 Å². The van der Waals surface area contributed by atoms with Crippen LogP contribution in [0.4, 0.5) is 0 Å². The fraction of sp³-hybridized carbons (Fsp3) is 0.471. The van der Waals surface area contributed by atoms with Gasteiger partial charge >= 0.3 is 5.97 Å². The van der Waals surface area contributed by atoms with Crippen molar-refractivity contribution in [1.29, 1.82) is 0 Å². The molecule has 5 rings (SSSR count). The van der Waals surface area contributed by atoms with E-state index in [9.17, 15) is 9.90 Å². The fourth-order valence-electron chi connectivity index (χ4n) is 4.36. The predicted molar refractivity (Wildman–Crippen MR) is 79.6 cm³/mol. The van der Waals surface area contributed by atoms with Crippen molar-refractivity contribution in [3.05, 3.63) is 34.9 Å². The number of aliphatic hydroxyl groups is 1. The van der Waals surface area contributed by atoms with E-state index >= 15 is 0 Å². The number of carbonyl (C=O) groups excluding carboxylic acids is 1. The summed E-state index contributed by atoms with van der Waals surface area (Å²) in [6, 6.07) is 3.74. The zero-order chi connectivity index (χ0) is 15.7. The number of rotatable bonds is 0. The van der Waals surface area contributed by atoms with Gasteiger partial charge in [0.05, 0.1) is 5.56 Å². The van der Waals surface area contributed by atoms with Crippen LogP contribution in [0, 0.1) is 0 Å².